The van der Waals surface area contributed by atoms with Gasteiger partial charge in [0, 0.05) is 0 Å². The van der Waals surface area contributed by atoms with Crippen molar-refractivity contribution in [2.24, 2.45) is 0 Å². The molecule has 0 bridgehead atoms. The molecular formula is C37H46Cl2SiZr. The first-order valence-electron chi connectivity index (χ1n) is 14.7. The average molecular weight is 681 g/mol. The molecule has 0 nitrogen and oxygen atoms in total. The number of rotatable bonds is 5. The summed E-state index contributed by atoms with van der Waals surface area (Å²) in [5.41, 5.74) is 10.9. The third kappa shape index (κ3) is 7.26. The van der Waals surface area contributed by atoms with E-state index in [9.17, 15) is 0 Å². The van der Waals surface area contributed by atoms with Gasteiger partial charge in [-0.15, -0.1) is 0 Å². The number of hydrogen-bond acceptors (Lipinski definition) is 0. The Balaban J connectivity index is 0.00000231. The summed E-state index contributed by atoms with van der Waals surface area (Å²) in [6, 6.07) is 23.4. The normalized spacial score (nSPS) is 14.5. The van der Waals surface area contributed by atoms with Crippen LogP contribution < -0.4 is 28.1 Å². The second kappa shape index (κ2) is 12.7. The number of benzene rings is 3. The second-order valence-electron chi connectivity index (χ2n) is 14.7. The van der Waals surface area contributed by atoms with Crippen molar-refractivity contribution in [3.8, 4) is 11.1 Å². The van der Waals surface area contributed by atoms with Crippen LogP contribution in [0.25, 0.3) is 11.1 Å². The van der Waals surface area contributed by atoms with Gasteiger partial charge in [-0.3, -0.25) is 0 Å². The Kier molecular flexibility index (Phi) is 10.6. The van der Waals surface area contributed by atoms with Gasteiger partial charge in [0.2, 0.25) is 0 Å². The van der Waals surface area contributed by atoms with Gasteiger partial charge in [0.25, 0.3) is 0 Å². The first kappa shape index (κ1) is 34.2. The third-order valence-electron chi connectivity index (χ3n) is 8.49. The first-order chi connectivity index (χ1) is 18.2. The zero-order chi connectivity index (χ0) is 28.2. The Morgan fingerprint density at radius 3 is 2.05 bits per heavy atom. The Morgan fingerprint density at radius 2 is 1.46 bits per heavy atom. The minimum Gasteiger partial charge on any atom is -1.00 e. The van der Waals surface area contributed by atoms with Gasteiger partial charge in [-0.1, -0.05) is 0 Å². The average Bonchev–Trinajstić information content (AvgIpc) is 3.49. The summed E-state index contributed by atoms with van der Waals surface area (Å²) >= 11 is -2.37. The Morgan fingerprint density at radius 1 is 0.805 bits per heavy atom. The van der Waals surface area contributed by atoms with Crippen LogP contribution in [0.5, 0.6) is 0 Å². The molecule has 0 heterocycles. The van der Waals surface area contributed by atoms with Gasteiger partial charge in [0.15, 0.2) is 0 Å². The van der Waals surface area contributed by atoms with Crippen molar-refractivity contribution in [2.75, 3.05) is 0 Å². The van der Waals surface area contributed by atoms with Crippen LogP contribution in [0.4, 0.5) is 0 Å². The molecule has 0 unspecified atom stereocenters. The van der Waals surface area contributed by atoms with Crippen LogP contribution in [0, 0.1) is 0 Å². The fourth-order valence-electron chi connectivity index (χ4n) is 6.14. The molecule has 0 spiro atoms. The van der Waals surface area contributed by atoms with Gasteiger partial charge in [-0.05, 0) is 0 Å². The molecule has 216 valence electrons. The topological polar surface area (TPSA) is 0 Å². The number of hydrogen-bond donors (Lipinski definition) is 0. The molecule has 2 aliphatic carbocycles. The van der Waals surface area contributed by atoms with Crippen LogP contribution in [0.15, 0.2) is 81.3 Å². The van der Waals surface area contributed by atoms with Gasteiger partial charge in [-0.2, -0.15) is 0 Å². The van der Waals surface area contributed by atoms with E-state index in [4.69, 9.17) is 0 Å². The fraction of sp³-hybridized carbons (Fsp3) is 0.378. The summed E-state index contributed by atoms with van der Waals surface area (Å²) in [7, 11) is -1.34. The molecule has 3 aromatic rings. The van der Waals surface area contributed by atoms with Crippen LogP contribution in [0.2, 0.25) is 19.6 Å². The maximum Gasteiger partial charge on any atom is -1.00 e. The van der Waals surface area contributed by atoms with Crippen molar-refractivity contribution in [1.82, 2.24) is 0 Å². The molecule has 0 fully saturated rings. The zero-order valence-electron chi connectivity index (χ0n) is 26.4. The predicted molar refractivity (Wildman–Crippen MR) is 172 cm³/mol. The molecule has 4 heteroatoms. The molecule has 0 saturated carbocycles. The SMILES string of the molecule is CC(C)(C)c1ccc2c(c1)Cc1c-2ccc(C(C)(C)C)[c]1[Zr+2](=[CH]Cc1ccccc1)[C]1=CC([Si](C)(C)C)=CC1.[Cl-].[Cl-]. The van der Waals surface area contributed by atoms with Crippen molar-refractivity contribution >= 4 is 15.1 Å². The van der Waals surface area contributed by atoms with E-state index in [0.717, 1.165) is 19.3 Å². The molecule has 0 atom stereocenters. The number of halogens is 2. The molecule has 41 heavy (non-hydrogen) atoms. The van der Waals surface area contributed by atoms with Crippen molar-refractivity contribution in [3.63, 3.8) is 0 Å². The smallest absolute Gasteiger partial charge is 1.00 e. The minimum absolute atomic E-state index is 0. The molecule has 0 saturated heterocycles. The van der Waals surface area contributed by atoms with E-state index in [1.807, 2.05) is 0 Å². The van der Waals surface area contributed by atoms with E-state index in [0.29, 0.717) is 0 Å². The molecule has 3 aromatic carbocycles. The van der Waals surface area contributed by atoms with Crippen LogP contribution in [0.3, 0.4) is 0 Å². The van der Waals surface area contributed by atoms with Gasteiger partial charge < -0.3 is 24.8 Å². The summed E-state index contributed by atoms with van der Waals surface area (Å²) < 4.78 is 6.36. The van der Waals surface area contributed by atoms with Crippen molar-refractivity contribution in [1.29, 1.82) is 0 Å². The van der Waals surface area contributed by atoms with Crippen molar-refractivity contribution in [2.45, 2.75) is 91.3 Å². The summed E-state index contributed by atoms with van der Waals surface area (Å²) in [5, 5.41) is 1.66. The van der Waals surface area contributed by atoms with Gasteiger partial charge in [0.1, 0.15) is 0 Å². The van der Waals surface area contributed by atoms with Crippen LogP contribution in [-0.2, 0) is 44.9 Å². The molecule has 0 amide bonds. The Labute approximate surface area is 270 Å². The molecule has 0 radical (unpaired) electrons. The van der Waals surface area contributed by atoms with E-state index >= 15 is 0 Å². The van der Waals surface area contributed by atoms with Crippen molar-refractivity contribution < 1.29 is 46.1 Å². The first-order valence-corrected chi connectivity index (χ1v) is 22.1. The van der Waals surface area contributed by atoms with E-state index < -0.39 is 29.3 Å². The molecular weight excluding hydrogens is 635 g/mol. The van der Waals surface area contributed by atoms with Gasteiger partial charge in [-0.25, -0.2) is 0 Å². The fourth-order valence-corrected chi connectivity index (χ4v) is 15.6. The Bertz CT molecular complexity index is 1510. The second-order valence-corrected chi connectivity index (χ2v) is 25.6. The zero-order valence-corrected chi connectivity index (χ0v) is 31.4. The summed E-state index contributed by atoms with van der Waals surface area (Å²) in [5.74, 6) is 0. The van der Waals surface area contributed by atoms with Crippen LogP contribution >= 0.6 is 0 Å². The van der Waals surface area contributed by atoms with Crippen LogP contribution in [0.1, 0.15) is 75.8 Å². The maximum absolute atomic E-state index is 2.82. The number of allylic oxidation sites excluding steroid dienone is 4. The summed E-state index contributed by atoms with van der Waals surface area (Å²) in [6.07, 6.45) is 8.58. The van der Waals surface area contributed by atoms with Gasteiger partial charge >= 0.3 is 248 Å². The molecule has 0 aliphatic heterocycles. The monoisotopic (exact) mass is 678 g/mol. The van der Waals surface area contributed by atoms with E-state index in [1.165, 1.54) is 27.8 Å². The van der Waals surface area contributed by atoms with Crippen LogP contribution in [-0.4, -0.2) is 11.8 Å². The third-order valence-corrected chi connectivity index (χ3v) is 17.4. The minimum atomic E-state index is -2.37. The summed E-state index contributed by atoms with van der Waals surface area (Å²) in [6.45, 7) is 21.8. The van der Waals surface area contributed by atoms with Gasteiger partial charge in [0.05, 0.1) is 0 Å². The van der Waals surface area contributed by atoms with E-state index in [1.54, 1.807) is 22.9 Å². The van der Waals surface area contributed by atoms with E-state index in [-0.39, 0.29) is 35.6 Å². The quantitative estimate of drug-likeness (QED) is 0.284. The van der Waals surface area contributed by atoms with E-state index in [2.05, 4.69) is 138 Å². The molecule has 2 aliphatic rings. The largest absolute Gasteiger partial charge is 1.00 e. The summed E-state index contributed by atoms with van der Waals surface area (Å²) in [4.78, 5) is 0. The Hall–Kier alpha value is -1.31. The molecule has 5 rings (SSSR count). The molecule has 0 aromatic heterocycles. The standard InChI is InChI=1S/C21H25.C8H13Si.C8H8.2ClH.Zr/c1-20(2,3)16-7-9-18-14(12-16)11-15-13-17(21(4,5)6)8-10-19(15)18;1-9(2,3)8-6-4-5-7-8;1-2-8-6-4-3-5-7-8;;;/h7-10,12H,11H2,1-6H3;6-7H,4H2,1-3H3;1,3-7H,2H2;2*1H;/q;;;;;+2/p-2. The predicted octanol–water partition coefficient (Wildman–Crippen LogP) is 3.24. The maximum atomic E-state index is 2.82. The van der Waals surface area contributed by atoms with Crippen molar-refractivity contribution in [3.05, 3.63) is 109 Å². The molecule has 0 N–H and O–H groups in total. The number of fused-ring (bicyclic) bond motifs is 3.